The number of ether oxygens (including phenoxy) is 3. The quantitative estimate of drug-likeness (QED) is 0.0277. The van der Waals surface area contributed by atoms with E-state index in [2.05, 4.69) is 13.8 Å². The molecule has 0 spiro atoms. The molecule has 0 saturated heterocycles. The topological polar surface area (TPSA) is 160 Å². The molecule has 0 bridgehead atoms. The molecular weight excluding hydrogens is 647 g/mol. The van der Waals surface area contributed by atoms with Gasteiger partial charge in [0, 0.05) is 12.8 Å². The van der Waals surface area contributed by atoms with E-state index in [1.54, 1.807) is 0 Å². The lowest BCUT2D eigenvalue weighted by Gasteiger charge is -2.21. The lowest BCUT2D eigenvalue weighted by molar-refractivity contribution is -0.164. The molecule has 0 aliphatic rings. The van der Waals surface area contributed by atoms with Gasteiger partial charge in [-0.1, -0.05) is 168 Å². The number of hydrogen-bond acceptors (Lipinski definition) is 10. The first-order chi connectivity index (χ1) is 23.6. The van der Waals surface area contributed by atoms with Gasteiger partial charge in [0.15, 0.2) is 6.10 Å². The number of Topliss-reactive ketones (excluding diaryl/α,β-unsaturated/α-hetero) is 1. The molecule has 1 unspecified atom stereocenters. The summed E-state index contributed by atoms with van der Waals surface area (Å²) in [6.45, 7) is 2.52. The first kappa shape index (κ1) is 47.8. The number of carbonyl (C=O) groups is 3. The van der Waals surface area contributed by atoms with Gasteiger partial charge in [-0.2, -0.15) is 14.7 Å². The van der Waals surface area contributed by atoms with Crippen molar-refractivity contribution in [3.05, 3.63) is 0 Å². The number of hydrogen-bond donors (Lipinski definition) is 4. The van der Waals surface area contributed by atoms with Crippen LogP contribution in [0, 0.1) is 0 Å². The van der Waals surface area contributed by atoms with E-state index in [4.69, 9.17) is 19.3 Å². The van der Waals surface area contributed by atoms with E-state index in [0.29, 0.717) is 12.8 Å². The van der Waals surface area contributed by atoms with Crippen LogP contribution in [0.5, 0.6) is 0 Å². The summed E-state index contributed by atoms with van der Waals surface area (Å²) < 4.78 is 16.0. The minimum Gasteiger partial charge on any atom is -0.462 e. The Morgan fingerprint density at radius 3 is 1.20 bits per heavy atom. The van der Waals surface area contributed by atoms with E-state index in [9.17, 15) is 29.1 Å². The van der Waals surface area contributed by atoms with E-state index in [0.717, 1.165) is 38.5 Å². The summed E-state index contributed by atoms with van der Waals surface area (Å²) in [5.74, 6) is -4.18. The van der Waals surface area contributed by atoms with Gasteiger partial charge in [0.25, 0.3) is 0 Å². The van der Waals surface area contributed by atoms with Crippen LogP contribution < -0.4 is 0 Å². The van der Waals surface area contributed by atoms with Gasteiger partial charge < -0.3 is 19.3 Å². The van der Waals surface area contributed by atoms with Crippen LogP contribution in [0.15, 0.2) is 0 Å². The van der Waals surface area contributed by atoms with E-state index < -0.39 is 50.8 Å². The molecule has 0 aromatic heterocycles. The maximum Gasteiger partial charge on any atom is 0.443 e. The van der Waals surface area contributed by atoms with Crippen LogP contribution in [0.3, 0.4) is 0 Å². The Morgan fingerprint density at radius 1 is 0.510 bits per heavy atom. The highest BCUT2D eigenvalue weighted by Gasteiger charge is 2.49. The summed E-state index contributed by atoms with van der Waals surface area (Å²) in [7, 11) is -4.79. The Hall–Kier alpha value is -1.16. The average Bonchev–Trinajstić information content (AvgIpc) is 3.07. The first-order valence-electron chi connectivity index (χ1n) is 19.8. The second-order valence-electron chi connectivity index (χ2n) is 13.7. The molecule has 0 saturated carbocycles. The first-order valence-corrected chi connectivity index (χ1v) is 21.5. The van der Waals surface area contributed by atoms with Gasteiger partial charge in [-0.15, -0.1) is 0 Å². The lowest BCUT2D eigenvalue weighted by Crippen LogP contribution is -2.36. The zero-order valence-corrected chi connectivity index (χ0v) is 32.2. The van der Waals surface area contributed by atoms with E-state index in [1.807, 2.05) is 0 Å². The van der Waals surface area contributed by atoms with Gasteiger partial charge in [-0.05, 0) is 12.8 Å². The molecular formula is C38H74O10P+. The molecule has 4 N–H and O–H groups in total. The highest BCUT2D eigenvalue weighted by Crippen LogP contribution is 2.51. The molecule has 0 radical (unpaired) electrons. The van der Waals surface area contributed by atoms with Crippen LogP contribution in [-0.4, -0.2) is 69.3 Å². The van der Waals surface area contributed by atoms with E-state index in [-0.39, 0.29) is 19.4 Å². The number of ketones is 1. The molecule has 0 aromatic carbocycles. The minimum atomic E-state index is -4.79. The fourth-order valence-electron chi connectivity index (χ4n) is 5.86. The van der Waals surface area contributed by atoms with Crippen LogP contribution in [0.1, 0.15) is 194 Å². The van der Waals surface area contributed by atoms with Crippen molar-refractivity contribution < 1.29 is 48.4 Å². The molecule has 10 nitrogen and oxygen atoms in total. The third kappa shape index (κ3) is 31.3. The molecule has 290 valence electrons. The monoisotopic (exact) mass is 722 g/mol. The second kappa shape index (κ2) is 34.0. The SMILES string of the molecule is CCCCCCCCCCCCCCCC(=O)OC[C@H](COC(C(=O)CO)[P+](O)(O)O)OC(=O)CCCCCCCCCCCCCCC. The summed E-state index contributed by atoms with van der Waals surface area (Å²) in [6, 6.07) is 0. The minimum absolute atomic E-state index is 0.164. The van der Waals surface area contributed by atoms with Gasteiger partial charge in [-0.25, -0.2) is 0 Å². The zero-order chi connectivity index (χ0) is 36.4. The molecule has 0 rings (SSSR count). The Kier molecular flexibility index (Phi) is 33.2. The normalized spacial score (nSPS) is 12.9. The highest BCUT2D eigenvalue weighted by molar-refractivity contribution is 7.60. The number of aliphatic hydroxyl groups is 1. The summed E-state index contributed by atoms with van der Waals surface area (Å²) in [6.07, 6.45) is 30.2. The lowest BCUT2D eigenvalue weighted by atomic mass is 10.0. The predicted octanol–water partition coefficient (Wildman–Crippen LogP) is 9.05. The average molecular weight is 722 g/mol. The summed E-state index contributed by atoms with van der Waals surface area (Å²) in [5, 5.41) is 9.12. The van der Waals surface area contributed by atoms with Gasteiger partial charge in [0.05, 0.1) is 6.61 Å². The Labute approximate surface area is 299 Å². The fourth-order valence-corrected chi connectivity index (χ4v) is 6.61. The van der Waals surface area contributed by atoms with Gasteiger partial charge in [-0.3, -0.25) is 14.4 Å². The standard InChI is InChI=1S/C38H74O10P/c1-3-5-7-9-11-13-15-17-19-21-23-25-27-29-36(41)46-32-34(33-47-38(35(40)31-39)49(43,44)45)48-37(42)30-28-26-24-22-20-18-16-14-12-10-8-6-4-2/h34,38-39,43-45H,3-33H2,1-2H3/q+1/t34-,38?/m1/s1. The van der Waals surface area contributed by atoms with Crippen molar-refractivity contribution in [2.45, 2.75) is 206 Å². The molecule has 11 heteroatoms. The van der Waals surface area contributed by atoms with Crippen LogP contribution in [0.4, 0.5) is 0 Å². The van der Waals surface area contributed by atoms with Gasteiger partial charge >= 0.3 is 25.7 Å². The second-order valence-corrected chi connectivity index (χ2v) is 15.4. The summed E-state index contributed by atoms with van der Waals surface area (Å²) >= 11 is 0. The number of esters is 2. The third-order valence-electron chi connectivity index (χ3n) is 8.88. The van der Waals surface area contributed by atoms with E-state index in [1.165, 1.54) is 116 Å². The highest BCUT2D eigenvalue weighted by atomic mass is 31.2. The maximum atomic E-state index is 12.6. The van der Waals surface area contributed by atoms with Gasteiger partial charge in [0.2, 0.25) is 5.78 Å². The van der Waals surface area contributed by atoms with Crippen LogP contribution in [0.25, 0.3) is 0 Å². The van der Waals surface area contributed by atoms with Crippen molar-refractivity contribution >= 4 is 25.7 Å². The number of aliphatic hydroxyl groups excluding tert-OH is 1. The Bertz CT molecular complexity index is 789. The van der Waals surface area contributed by atoms with Gasteiger partial charge in [0.1, 0.15) is 13.2 Å². The largest absolute Gasteiger partial charge is 0.462 e. The van der Waals surface area contributed by atoms with Crippen molar-refractivity contribution in [2.24, 2.45) is 0 Å². The molecule has 0 aromatic rings. The van der Waals surface area contributed by atoms with Crippen LogP contribution >= 0.6 is 7.94 Å². The van der Waals surface area contributed by atoms with Crippen molar-refractivity contribution in [3.63, 3.8) is 0 Å². The van der Waals surface area contributed by atoms with E-state index >= 15 is 0 Å². The van der Waals surface area contributed by atoms with Crippen LogP contribution in [0.2, 0.25) is 0 Å². The molecule has 0 aliphatic heterocycles. The molecule has 2 atom stereocenters. The summed E-state index contributed by atoms with van der Waals surface area (Å²) in [4.78, 5) is 65.7. The number of rotatable bonds is 37. The summed E-state index contributed by atoms with van der Waals surface area (Å²) in [5.41, 5.74) is 0. The van der Waals surface area contributed by atoms with Crippen molar-refractivity contribution in [1.29, 1.82) is 0 Å². The van der Waals surface area contributed by atoms with Crippen molar-refractivity contribution in [2.75, 3.05) is 19.8 Å². The molecule has 49 heavy (non-hydrogen) atoms. The van der Waals surface area contributed by atoms with Crippen molar-refractivity contribution in [3.8, 4) is 0 Å². The van der Waals surface area contributed by atoms with Crippen molar-refractivity contribution in [1.82, 2.24) is 0 Å². The zero-order valence-electron chi connectivity index (χ0n) is 31.3. The number of carbonyl (C=O) groups excluding carboxylic acids is 3. The fraction of sp³-hybridized carbons (Fsp3) is 0.921. The number of unbranched alkanes of at least 4 members (excludes halogenated alkanes) is 24. The predicted molar refractivity (Wildman–Crippen MR) is 197 cm³/mol. The maximum absolute atomic E-state index is 12.6. The Balaban J connectivity index is 4.39. The molecule has 0 amide bonds. The Morgan fingerprint density at radius 2 is 0.857 bits per heavy atom. The molecule has 0 fully saturated rings. The third-order valence-corrected chi connectivity index (χ3v) is 9.95. The van der Waals surface area contributed by atoms with Crippen LogP contribution in [-0.2, 0) is 28.6 Å². The molecule has 0 heterocycles. The molecule has 0 aliphatic carbocycles. The smallest absolute Gasteiger partial charge is 0.443 e.